The summed E-state index contributed by atoms with van der Waals surface area (Å²) in [6.45, 7) is 1.85. The summed E-state index contributed by atoms with van der Waals surface area (Å²) < 4.78 is 3.81. The van der Waals surface area contributed by atoms with E-state index in [9.17, 15) is 4.79 Å². The van der Waals surface area contributed by atoms with Crippen LogP contribution >= 0.6 is 23.2 Å². The molecule has 58 valence electrons. The van der Waals surface area contributed by atoms with Crippen molar-refractivity contribution in [2.45, 2.75) is 30.2 Å². The maximum Gasteiger partial charge on any atom is 0.310 e. The summed E-state index contributed by atoms with van der Waals surface area (Å²) in [7, 11) is 0. The second-order valence-electron chi connectivity index (χ2n) is 2.30. The van der Waals surface area contributed by atoms with Gasteiger partial charge in [0.2, 0.25) is 0 Å². The lowest BCUT2D eigenvalue weighted by Gasteiger charge is -2.34. The lowest BCUT2D eigenvalue weighted by Crippen LogP contribution is -2.45. The number of cyclic esters (lactones) is 1. The van der Waals surface area contributed by atoms with Crippen LogP contribution < -0.4 is 0 Å². The number of esters is 1. The molecule has 1 fully saturated rings. The highest BCUT2D eigenvalue weighted by atomic mass is 35.5. The van der Waals surface area contributed by atoms with Crippen LogP contribution in [0.3, 0.4) is 0 Å². The first kappa shape index (κ1) is 8.15. The van der Waals surface area contributed by atoms with E-state index in [0.717, 1.165) is 0 Å². The highest BCUT2D eigenvalue weighted by Gasteiger charge is 2.44. The van der Waals surface area contributed by atoms with Crippen LogP contribution in [0.1, 0.15) is 19.8 Å². The van der Waals surface area contributed by atoms with Crippen molar-refractivity contribution in [1.82, 2.24) is 0 Å². The smallest absolute Gasteiger partial charge is 0.310 e. The Balaban J connectivity index is 2.43. The molecule has 0 aromatic rings. The van der Waals surface area contributed by atoms with E-state index in [1.54, 1.807) is 0 Å². The number of ether oxygens (including phenoxy) is 1. The van der Waals surface area contributed by atoms with E-state index in [1.165, 1.54) is 0 Å². The fraction of sp³-hybridized carbons (Fsp3) is 0.833. The Morgan fingerprint density at radius 1 is 1.80 bits per heavy atom. The van der Waals surface area contributed by atoms with E-state index in [2.05, 4.69) is 0 Å². The summed E-state index contributed by atoms with van der Waals surface area (Å²) in [5, 5.41) is 0. The Morgan fingerprint density at radius 2 is 2.30 bits per heavy atom. The molecule has 10 heavy (non-hydrogen) atoms. The fourth-order valence-electron chi connectivity index (χ4n) is 0.764. The van der Waals surface area contributed by atoms with Crippen LogP contribution in [0.15, 0.2) is 0 Å². The molecule has 1 heterocycles. The molecule has 1 saturated heterocycles. The number of carbonyl (C=O) groups excluding carboxylic acids is 1. The van der Waals surface area contributed by atoms with Crippen molar-refractivity contribution >= 4 is 29.2 Å². The average Bonchev–Trinajstić information content (AvgIpc) is 1.81. The van der Waals surface area contributed by atoms with E-state index >= 15 is 0 Å². The summed E-state index contributed by atoms with van der Waals surface area (Å²) >= 11 is 11.6. The molecule has 0 saturated carbocycles. The average molecular weight is 183 g/mol. The van der Waals surface area contributed by atoms with Gasteiger partial charge >= 0.3 is 5.97 Å². The molecule has 0 bridgehead atoms. The molecule has 0 aromatic heterocycles. The third-order valence-electron chi connectivity index (χ3n) is 1.57. The van der Waals surface area contributed by atoms with Crippen molar-refractivity contribution in [2.75, 3.05) is 0 Å². The number of halogens is 2. The number of rotatable bonds is 2. The van der Waals surface area contributed by atoms with Crippen molar-refractivity contribution in [3.05, 3.63) is 0 Å². The van der Waals surface area contributed by atoms with Crippen molar-refractivity contribution in [3.63, 3.8) is 0 Å². The van der Waals surface area contributed by atoms with E-state index in [-0.39, 0.29) is 12.1 Å². The molecule has 0 N–H and O–H groups in total. The van der Waals surface area contributed by atoms with Crippen molar-refractivity contribution in [1.29, 1.82) is 0 Å². The van der Waals surface area contributed by atoms with Gasteiger partial charge in [-0.25, -0.2) is 0 Å². The molecule has 0 aliphatic carbocycles. The summed E-state index contributed by atoms with van der Waals surface area (Å²) in [5.41, 5.74) is 0. The predicted octanol–water partition coefficient (Wildman–Crippen LogP) is 1.89. The normalized spacial score (nSPS) is 25.5. The molecular weight excluding hydrogens is 175 g/mol. The zero-order valence-corrected chi connectivity index (χ0v) is 7.08. The standard InChI is InChI=1S/C6H8Cl2O2/c1-2-6(7,8)4-3-5(9)10-4/h4H,2-3H2,1H3/t4-/m0/s1. The molecule has 0 aromatic carbocycles. The van der Waals surface area contributed by atoms with Gasteiger partial charge in [0.1, 0.15) is 6.10 Å². The predicted molar refractivity (Wildman–Crippen MR) is 39.2 cm³/mol. The first-order chi connectivity index (χ1) is 4.56. The SMILES string of the molecule is CCC(Cl)(Cl)[C@@H]1CC(=O)O1. The third-order valence-corrected chi connectivity index (χ3v) is 2.59. The van der Waals surface area contributed by atoms with Crippen molar-refractivity contribution in [3.8, 4) is 0 Å². The second kappa shape index (κ2) is 2.59. The first-order valence-electron chi connectivity index (χ1n) is 3.13. The van der Waals surface area contributed by atoms with Gasteiger partial charge in [0.25, 0.3) is 0 Å². The number of hydrogen-bond acceptors (Lipinski definition) is 2. The number of hydrogen-bond donors (Lipinski definition) is 0. The molecule has 0 spiro atoms. The van der Waals surface area contributed by atoms with Gasteiger partial charge in [0, 0.05) is 0 Å². The van der Waals surface area contributed by atoms with Gasteiger partial charge in [-0.3, -0.25) is 4.79 Å². The minimum atomic E-state index is -0.881. The minimum Gasteiger partial charge on any atom is -0.458 e. The molecular formula is C6H8Cl2O2. The van der Waals surface area contributed by atoms with Gasteiger partial charge in [-0.2, -0.15) is 0 Å². The van der Waals surface area contributed by atoms with Crippen molar-refractivity contribution in [2.24, 2.45) is 0 Å². The Morgan fingerprint density at radius 3 is 2.60 bits per heavy atom. The van der Waals surface area contributed by atoms with Gasteiger partial charge in [-0.1, -0.05) is 30.1 Å². The topological polar surface area (TPSA) is 26.3 Å². The lowest BCUT2D eigenvalue weighted by molar-refractivity contribution is -0.170. The van der Waals surface area contributed by atoms with E-state index < -0.39 is 4.33 Å². The third kappa shape index (κ3) is 1.38. The van der Waals surface area contributed by atoms with E-state index in [4.69, 9.17) is 27.9 Å². The highest BCUT2D eigenvalue weighted by molar-refractivity contribution is 6.49. The van der Waals surface area contributed by atoms with Gasteiger partial charge < -0.3 is 4.74 Å². The first-order valence-corrected chi connectivity index (χ1v) is 3.89. The zero-order valence-electron chi connectivity index (χ0n) is 5.56. The molecule has 0 amide bonds. The largest absolute Gasteiger partial charge is 0.458 e. The van der Waals surface area contributed by atoms with Crippen LogP contribution in [0.5, 0.6) is 0 Å². The molecule has 1 rings (SSSR count). The van der Waals surface area contributed by atoms with Crippen LogP contribution in [0.4, 0.5) is 0 Å². The summed E-state index contributed by atoms with van der Waals surface area (Å²) in [6.07, 6.45) is 0.642. The van der Waals surface area contributed by atoms with Gasteiger partial charge in [0.15, 0.2) is 4.33 Å². The van der Waals surface area contributed by atoms with Crippen LogP contribution in [-0.2, 0) is 9.53 Å². The van der Waals surface area contributed by atoms with Crippen LogP contribution in [0.25, 0.3) is 0 Å². The summed E-state index contributed by atoms with van der Waals surface area (Å²) in [6, 6.07) is 0. The summed E-state index contributed by atoms with van der Waals surface area (Å²) in [4.78, 5) is 10.3. The minimum absolute atomic E-state index is 0.218. The molecule has 1 aliphatic rings. The monoisotopic (exact) mass is 182 g/mol. The van der Waals surface area contributed by atoms with Gasteiger partial charge in [-0.15, -0.1) is 0 Å². The molecule has 1 aliphatic heterocycles. The Kier molecular flexibility index (Phi) is 2.11. The second-order valence-corrected chi connectivity index (χ2v) is 3.84. The molecule has 2 nitrogen and oxygen atoms in total. The van der Waals surface area contributed by atoms with Crippen LogP contribution in [0, 0.1) is 0 Å². The Bertz CT molecular complexity index is 148. The molecule has 0 unspecified atom stereocenters. The van der Waals surface area contributed by atoms with Gasteiger partial charge in [-0.05, 0) is 6.42 Å². The Hall–Kier alpha value is 0.0500. The quantitative estimate of drug-likeness (QED) is 0.482. The number of carbonyl (C=O) groups is 1. The highest BCUT2D eigenvalue weighted by Crippen LogP contribution is 2.37. The zero-order chi connectivity index (χ0) is 7.78. The molecule has 0 radical (unpaired) electrons. The molecule has 1 atom stereocenters. The lowest BCUT2D eigenvalue weighted by atomic mass is 10.1. The van der Waals surface area contributed by atoms with Gasteiger partial charge in [0.05, 0.1) is 6.42 Å². The molecule has 4 heteroatoms. The Labute approximate surface area is 69.4 Å². The van der Waals surface area contributed by atoms with Crippen LogP contribution in [-0.4, -0.2) is 16.4 Å². The summed E-state index contributed by atoms with van der Waals surface area (Å²) in [5.74, 6) is -0.218. The van der Waals surface area contributed by atoms with Crippen molar-refractivity contribution < 1.29 is 9.53 Å². The van der Waals surface area contributed by atoms with E-state index in [1.807, 2.05) is 6.92 Å². The van der Waals surface area contributed by atoms with Crippen LogP contribution in [0.2, 0.25) is 0 Å². The fourth-order valence-corrected chi connectivity index (χ4v) is 1.01. The van der Waals surface area contributed by atoms with E-state index in [0.29, 0.717) is 12.8 Å². The maximum absolute atomic E-state index is 10.3. The maximum atomic E-state index is 10.3. The number of alkyl halides is 2.